The van der Waals surface area contributed by atoms with Crippen LogP contribution < -0.4 is 11.5 Å². The lowest BCUT2D eigenvalue weighted by atomic mass is 10.1. The van der Waals surface area contributed by atoms with Crippen LogP contribution in [0.4, 0.5) is 5.69 Å². The van der Waals surface area contributed by atoms with Crippen molar-refractivity contribution in [1.82, 2.24) is 4.98 Å². The Morgan fingerprint density at radius 1 is 1.67 bits per heavy atom. The third-order valence-electron chi connectivity index (χ3n) is 1.49. The summed E-state index contributed by atoms with van der Waals surface area (Å²) in [6, 6.07) is 0.414. The van der Waals surface area contributed by atoms with Crippen LogP contribution >= 0.6 is 0 Å². The molecule has 0 bridgehead atoms. The summed E-state index contributed by atoms with van der Waals surface area (Å²) < 4.78 is 0. The maximum Gasteiger partial charge on any atom is 0.325 e. The van der Waals surface area contributed by atoms with Gasteiger partial charge in [0, 0.05) is 23.6 Å². The number of carboxylic acid groups (broad SMARTS) is 1. The summed E-state index contributed by atoms with van der Waals surface area (Å²) in [6.07, 6.45) is 2.83. The molecule has 0 aliphatic rings. The molecule has 5 N–H and O–H groups in total. The lowest BCUT2D eigenvalue weighted by molar-refractivity contribution is -0.138. The lowest BCUT2D eigenvalue weighted by Crippen LogP contribution is -2.21. The number of anilines is 1. The smallest absolute Gasteiger partial charge is 0.325 e. The highest BCUT2D eigenvalue weighted by atomic mass is 16.4. The summed E-state index contributed by atoms with van der Waals surface area (Å²) in [7, 11) is 0. The first kappa shape index (κ1) is 8.48. The highest BCUT2D eigenvalue weighted by molar-refractivity contribution is 5.77. The molecule has 12 heavy (non-hydrogen) atoms. The minimum Gasteiger partial charge on any atom is -0.480 e. The number of nitrogens with two attached hydrogens (primary N) is 2. The van der Waals surface area contributed by atoms with E-state index in [2.05, 4.69) is 4.98 Å². The van der Waals surface area contributed by atoms with Crippen LogP contribution in [0.15, 0.2) is 18.5 Å². The largest absolute Gasteiger partial charge is 0.480 e. The van der Waals surface area contributed by atoms with Gasteiger partial charge in [-0.1, -0.05) is 0 Å². The molecule has 0 amide bonds. The van der Waals surface area contributed by atoms with Crippen molar-refractivity contribution >= 4 is 11.7 Å². The number of aliphatic carboxylic acids is 1. The fourth-order valence-corrected chi connectivity index (χ4v) is 0.810. The van der Waals surface area contributed by atoms with Crippen LogP contribution in [0.25, 0.3) is 0 Å². The second kappa shape index (κ2) is 3.19. The Bertz CT molecular complexity index is 300. The van der Waals surface area contributed by atoms with E-state index < -0.39 is 12.0 Å². The lowest BCUT2D eigenvalue weighted by Gasteiger charge is -2.07. The van der Waals surface area contributed by atoms with Crippen LogP contribution in [-0.2, 0) is 4.79 Å². The number of carboxylic acids is 1. The van der Waals surface area contributed by atoms with Crippen LogP contribution in [0.5, 0.6) is 0 Å². The topological polar surface area (TPSA) is 102 Å². The predicted octanol–water partition coefficient (Wildman–Crippen LogP) is -0.252. The molecule has 0 unspecified atom stereocenters. The zero-order valence-electron chi connectivity index (χ0n) is 6.27. The molecule has 0 saturated carbocycles. The van der Waals surface area contributed by atoms with Crippen molar-refractivity contribution in [3.63, 3.8) is 0 Å². The monoisotopic (exact) mass is 167 g/mol. The van der Waals surface area contributed by atoms with E-state index in [9.17, 15) is 4.79 Å². The molecule has 0 aliphatic carbocycles. The molecular weight excluding hydrogens is 158 g/mol. The normalized spacial score (nSPS) is 12.4. The number of rotatable bonds is 2. The van der Waals surface area contributed by atoms with Crippen LogP contribution in [-0.4, -0.2) is 16.1 Å². The molecule has 1 heterocycles. The second-order valence-electron chi connectivity index (χ2n) is 2.32. The first-order chi connectivity index (χ1) is 5.63. The van der Waals surface area contributed by atoms with Crippen molar-refractivity contribution in [3.05, 3.63) is 24.0 Å². The summed E-state index contributed by atoms with van der Waals surface area (Å²) in [4.78, 5) is 14.2. The molecule has 0 aromatic carbocycles. The van der Waals surface area contributed by atoms with E-state index in [0.717, 1.165) is 0 Å². The summed E-state index contributed by atoms with van der Waals surface area (Å²) >= 11 is 0. The van der Waals surface area contributed by atoms with E-state index in [1.165, 1.54) is 18.5 Å². The first-order valence-electron chi connectivity index (χ1n) is 3.30. The Hall–Kier alpha value is -1.62. The van der Waals surface area contributed by atoms with Crippen molar-refractivity contribution in [2.24, 2.45) is 5.73 Å². The quantitative estimate of drug-likeness (QED) is 0.563. The fraction of sp³-hybridized carbons (Fsp3) is 0.143. The van der Waals surface area contributed by atoms with E-state index >= 15 is 0 Å². The molecule has 0 radical (unpaired) electrons. The van der Waals surface area contributed by atoms with Gasteiger partial charge in [-0.2, -0.15) is 0 Å². The van der Waals surface area contributed by atoms with Crippen molar-refractivity contribution in [2.45, 2.75) is 6.04 Å². The molecule has 1 rings (SSSR count). The van der Waals surface area contributed by atoms with Gasteiger partial charge in [-0.3, -0.25) is 9.78 Å². The number of aromatic nitrogens is 1. The van der Waals surface area contributed by atoms with Crippen LogP contribution in [0.3, 0.4) is 0 Å². The average molecular weight is 167 g/mol. The number of pyridine rings is 1. The van der Waals surface area contributed by atoms with Crippen LogP contribution in [0, 0.1) is 0 Å². The summed E-state index contributed by atoms with van der Waals surface area (Å²) in [6.45, 7) is 0. The van der Waals surface area contributed by atoms with E-state index in [1.54, 1.807) is 0 Å². The van der Waals surface area contributed by atoms with Crippen molar-refractivity contribution in [1.29, 1.82) is 0 Å². The molecule has 0 fully saturated rings. The van der Waals surface area contributed by atoms with Gasteiger partial charge in [-0.15, -0.1) is 0 Å². The third kappa shape index (κ3) is 1.51. The molecule has 0 spiro atoms. The molecule has 5 heteroatoms. The molecule has 1 atom stereocenters. The van der Waals surface area contributed by atoms with Gasteiger partial charge in [0.15, 0.2) is 0 Å². The number of hydrogen-bond acceptors (Lipinski definition) is 4. The average Bonchev–Trinajstić information content (AvgIpc) is 2.04. The summed E-state index contributed by atoms with van der Waals surface area (Å²) in [5, 5.41) is 8.55. The van der Waals surface area contributed by atoms with E-state index in [-0.39, 0.29) is 0 Å². The Morgan fingerprint density at radius 3 is 2.83 bits per heavy atom. The Balaban J connectivity index is 3.02. The minimum atomic E-state index is -1.12. The molecule has 64 valence electrons. The van der Waals surface area contributed by atoms with E-state index in [1.807, 2.05) is 0 Å². The molecule has 1 aromatic rings. The number of nitrogens with zero attached hydrogens (tertiary/aromatic N) is 1. The molecule has 1 aromatic heterocycles. The zero-order valence-corrected chi connectivity index (χ0v) is 6.27. The van der Waals surface area contributed by atoms with Gasteiger partial charge in [0.1, 0.15) is 6.04 Å². The maximum atomic E-state index is 10.4. The van der Waals surface area contributed by atoms with E-state index in [4.69, 9.17) is 16.6 Å². The predicted molar refractivity (Wildman–Crippen MR) is 43.2 cm³/mol. The van der Waals surface area contributed by atoms with Crippen LogP contribution in [0.2, 0.25) is 0 Å². The van der Waals surface area contributed by atoms with E-state index in [0.29, 0.717) is 11.3 Å². The van der Waals surface area contributed by atoms with Gasteiger partial charge in [0.2, 0.25) is 0 Å². The minimum absolute atomic E-state index is 0.338. The Labute approximate surface area is 69.0 Å². The highest BCUT2D eigenvalue weighted by Gasteiger charge is 2.16. The summed E-state index contributed by atoms with van der Waals surface area (Å²) in [5.74, 6) is -1.12. The Kier molecular flexibility index (Phi) is 2.25. The highest BCUT2D eigenvalue weighted by Crippen LogP contribution is 2.16. The fourth-order valence-electron chi connectivity index (χ4n) is 0.810. The molecule has 5 nitrogen and oxygen atoms in total. The van der Waals surface area contributed by atoms with Gasteiger partial charge in [0.05, 0.1) is 0 Å². The van der Waals surface area contributed by atoms with Crippen molar-refractivity contribution in [3.8, 4) is 0 Å². The van der Waals surface area contributed by atoms with Crippen molar-refractivity contribution in [2.75, 3.05) is 5.73 Å². The van der Waals surface area contributed by atoms with Gasteiger partial charge < -0.3 is 16.6 Å². The second-order valence-corrected chi connectivity index (χ2v) is 2.32. The van der Waals surface area contributed by atoms with Crippen LogP contribution in [0.1, 0.15) is 11.6 Å². The summed E-state index contributed by atoms with van der Waals surface area (Å²) in [5.41, 5.74) is 11.5. The maximum absolute atomic E-state index is 10.4. The molecule has 0 aliphatic heterocycles. The van der Waals surface area contributed by atoms with Gasteiger partial charge in [0.25, 0.3) is 0 Å². The van der Waals surface area contributed by atoms with Crippen molar-refractivity contribution < 1.29 is 9.90 Å². The first-order valence-corrected chi connectivity index (χ1v) is 3.30. The standard InChI is InChI=1S/C7H9N3O2/c8-5-1-2-10-3-4(5)6(9)7(11)12/h1-3,6H,9H2,(H2,8,10)(H,11,12)/t6-/m1/s1. The third-order valence-corrected chi connectivity index (χ3v) is 1.49. The SMILES string of the molecule is Nc1ccncc1[C@@H](N)C(=O)O. The van der Waals surface area contributed by atoms with Gasteiger partial charge in [-0.25, -0.2) is 0 Å². The van der Waals surface area contributed by atoms with Gasteiger partial charge >= 0.3 is 5.97 Å². The molecular formula is C7H9N3O2. The number of hydrogen-bond donors (Lipinski definition) is 3. The Morgan fingerprint density at radius 2 is 2.33 bits per heavy atom. The number of carbonyl (C=O) groups is 1. The number of nitrogen functional groups attached to an aromatic ring is 1. The molecule has 0 saturated heterocycles. The zero-order chi connectivity index (χ0) is 9.14. The van der Waals surface area contributed by atoms with Gasteiger partial charge in [-0.05, 0) is 6.07 Å².